The van der Waals surface area contributed by atoms with Gasteiger partial charge in [-0.25, -0.2) is 8.42 Å². The van der Waals surface area contributed by atoms with Gasteiger partial charge < -0.3 is 9.64 Å². The van der Waals surface area contributed by atoms with E-state index in [2.05, 4.69) is 4.72 Å². The van der Waals surface area contributed by atoms with E-state index >= 15 is 0 Å². The van der Waals surface area contributed by atoms with Crippen LogP contribution in [0, 0.1) is 6.92 Å². The van der Waals surface area contributed by atoms with Gasteiger partial charge in [0.2, 0.25) is 0 Å². The van der Waals surface area contributed by atoms with E-state index in [1.54, 1.807) is 55.3 Å². The summed E-state index contributed by atoms with van der Waals surface area (Å²) in [5.74, 6) is 0.154. The molecule has 156 valence electrons. The van der Waals surface area contributed by atoms with Crippen LogP contribution in [0.4, 0.5) is 5.69 Å². The maximum Gasteiger partial charge on any atom is 0.262 e. The molecular formula is C23H24N2O4S. The van der Waals surface area contributed by atoms with Gasteiger partial charge in [-0.05, 0) is 42.3 Å². The van der Waals surface area contributed by atoms with Gasteiger partial charge in [0.15, 0.2) is 0 Å². The molecule has 0 fully saturated rings. The summed E-state index contributed by atoms with van der Waals surface area (Å²) >= 11 is 0. The van der Waals surface area contributed by atoms with E-state index in [0.717, 1.165) is 5.56 Å². The molecule has 6 nitrogen and oxygen atoms in total. The minimum absolute atomic E-state index is 0.0485. The monoisotopic (exact) mass is 424 g/mol. The molecule has 0 spiro atoms. The van der Waals surface area contributed by atoms with Crippen LogP contribution in [0.1, 0.15) is 21.5 Å². The third-order valence-electron chi connectivity index (χ3n) is 4.69. The van der Waals surface area contributed by atoms with Crippen molar-refractivity contribution < 1.29 is 17.9 Å². The number of ether oxygens (including phenoxy) is 1. The van der Waals surface area contributed by atoms with E-state index in [0.29, 0.717) is 29.1 Å². The molecule has 0 saturated carbocycles. The van der Waals surface area contributed by atoms with E-state index in [9.17, 15) is 13.2 Å². The third kappa shape index (κ3) is 4.80. The van der Waals surface area contributed by atoms with Crippen molar-refractivity contribution in [2.45, 2.75) is 18.4 Å². The predicted octanol–water partition coefficient (Wildman–Crippen LogP) is 4.08. The number of anilines is 1. The second kappa shape index (κ2) is 9.00. The Hall–Kier alpha value is -3.32. The number of methoxy groups -OCH3 is 1. The maximum absolute atomic E-state index is 13.0. The zero-order valence-corrected chi connectivity index (χ0v) is 17.9. The molecule has 7 heteroatoms. The zero-order valence-electron chi connectivity index (χ0n) is 17.1. The molecule has 3 rings (SSSR count). The number of amides is 1. The third-order valence-corrected chi connectivity index (χ3v) is 6.19. The van der Waals surface area contributed by atoms with Crippen molar-refractivity contribution in [1.82, 2.24) is 4.90 Å². The first-order chi connectivity index (χ1) is 14.3. The van der Waals surface area contributed by atoms with E-state index in [-0.39, 0.29) is 10.8 Å². The molecule has 0 aliphatic rings. The number of benzene rings is 3. The molecule has 0 atom stereocenters. The Balaban J connectivity index is 1.88. The summed E-state index contributed by atoms with van der Waals surface area (Å²) in [5, 5.41) is 0. The molecule has 1 N–H and O–H groups in total. The molecule has 0 saturated heterocycles. The zero-order chi connectivity index (χ0) is 21.7. The number of aryl methyl sites for hydroxylation is 1. The minimum atomic E-state index is -3.92. The summed E-state index contributed by atoms with van der Waals surface area (Å²) in [4.78, 5) is 14.5. The Labute approximate surface area is 177 Å². The fourth-order valence-electron chi connectivity index (χ4n) is 3.10. The summed E-state index contributed by atoms with van der Waals surface area (Å²) in [6.45, 7) is 2.12. The molecule has 0 heterocycles. The number of nitrogens with zero attached hydrogens (tertiary/aromatic N) is 1. The predicted molar refractivity (Wildman–Crippen MR) is 117 cm³/mol. The highest BCUT2D eigenvalue weighted by atomic mass is 32.2. The molecule has 1 amide bonds. The van der Waals surface area contributed by atoms with Crippen LogP contribution in [0.5, 0.6) is 5.75 Å². The lowest BCUT2D eigenvalue weighted by Gasteiger charge is -2.19. The maximum atomic E-state index is 13.0. The molecule has 30 heavy (non-hydrogen) atoms. The van der Waals surface area contributed by atoms with Gasteiger partial charge >= 0.3 is 0 Å². The molecule has 0 radical (unpaired) electrons. The number of rotatable bonds is 7. The van der Waals surface area contributed by atoms with Gasteiger partial charge in [0.05, 0.1) is 17.7 Å². The quantitative estimate of drug-likeness (QED) is 0.620. The average molecular weight is 425 g/mol. The summed E-state index contributed by atoms with van der Waals surface area (Å²) in [5.41, 5.74) is 2.17. The van der Waals surface area contributed by atoms with Crippen LogP contribution in [-0.2, 0) is 16.6 Å². The van der Waals surface area contributed by atoms with E-state index in [1.165, 1.54) is 13.2 Å². The second-order valence-electron chi connectivity index (χ2n) is 6.93. The van der Waals surface area contributed by atoms with Crippen molar-refractivity contribution in [2.75, 3.05) is 18.9 Å². The first kappa shape index (κ1) is 21.4. The lowest BCUT2D eigenvalue weighted by molar-refractivity contribution is 0.0785. The van der Waals surface area contributed by atoms with Gasteiger partial charge in [0.25, 0.3) is 15.9 Å². The SMILES string of the molecule is COc1ccccc1NS(=O)(=O)c1cc(C(=O)N(C)Cc2ccccc2)ccc1C. The largest absolute Gasteiger partial charge is 0.495 e. The standard InChI is InChI=1S/C23H24N2O4S/c1-17-13-14-19(23(26)25(2)16-18-9-5-4-6-10-18)15-22(17)30(27,28)24-20-11-7-8-12-21(20)29-3/h4-15,24H,16H2,1-3H3. The van der Waals surface area contributed by atoms with Crippen LogP contribution >= 0.6 is 0 Å². The molecule has 0 unspecified atom stereocenters. The normalized spacial score (nSPS) is 11.0. The summed E-state index contributed by atoms with van der Waals surface area (Å²) in [7, 11) is -0.755. The average Bonchev–Trinajstić information content (AvgIpc) is 2.74. The van der Waals surface area contributed by atoms with Crippen molar-refractivity contribution in [2.24, 2.45) is 0 Å². The number of carbonyl (C=O) groups excluding carboxylic acids is 1. The topological polar surface area (TPSA) is 75.7 Å². The lowest BCUT2D eigenvalue weighted by Crippen LogP contribution is -2.26. The van der Waals surface area contributed by atoms with Crippen molar-refractivity contribution in [3.05, 3.63) is 89.5 Å². The Morgan fingerprint density at radius 1 is 1.00 bits per heavy atom. The van der Waals surface area contributed by atoms with E-state index in [1.807, 2.05) is 30.3 Å². The van der Waals surface area contributed by atoms with Gasteiger partial charge in [-0.3, -0.25) is 9.52 Å². The van der Waals surface area contributed by atoms with Gasteiger partial charge in [-0.15, -0.1) is 0 Å². The Kier molecular flexibility index (Phi) is 6.42. The molecule has 3 aromatic rings. The van der Waals surface area contributed by atoms with Crippen molar-refractivity contribution in [3.63, 3.8) is 0 Å². The summed E-state index contributed by atoms with van der Waals surface area (Å²) in [6, 6.07) is 21.1. The molecule has 0 aliphatic carbocycles. The number of hydrogen-bond donors (Lipinski definition) is 1. The highest BCUT2D eigenvalue weighted by Crippen LogP contribution is 2.27. The van der Waals surface area contributed by atoms with Gasteiger partial charge in [0.1, 0.15) is 5.75 Å². The first-order valence-corrected chi connectivity index (χ1v) is 10.9. The summed E-state index contributed by atoms with van der Waals surface area (Å²) < 4.78 is 33.8. The molecule has 3 aromatic carbocycles. The van der Waals surface area contributed by atoms with Gasteiger partial charge in [-0.2, -0.15) is 0 Å². The highest BCUT2D eigenvalue weighted by molar-refractivity contribution is 7.92. The minimum Gasteiger partial charge on any atom is -0.495 e. The van der Waals surface area contributed by atoms with Crippen LogP contribution in [0.15, 0.2) is 77.7 Å². The highest BCUT2D eigenvalue weighted by Gasteiger charge is 2.22. The van der Waals surface area contributed by atoms with Gasteiger partial charge in [0, 0.05) is 19.2 Å². The number of hydrogen-bond acceptors (Lipinski definition) is 4. The molecule has 0 aromatic heterocycles. The molecule has 0 bridgehead atoms. The number of nitrogens with one attached hydrogen (secondary N) is 1. The molecular weight excluding hydrogens is 400 g/mol. The number of para-hydroxylation sites is 2. The van der Waals surface area contributed by atoms with Crippen LogP contribution in [0.2, 0.25) is 0 Å². The first-order valence-electron chi connectivity index (χ1n) is 9.37. The number of carbonyl (C=O) groups is 1. The summed E-state index contributed by atoms with van der Waals surface area (Å²) in [6.07, 6.45) is 0. The van der Waals surface area contributed by atoms with Crippen LogP contribution in [0.3, 0.4) is 0 Å². The fourth-order valence-corrected chi connectivity index (χ4v) is 4.44. The Bertz CT molecular complexity index is 1140. The van der Waals surface area contributed by atoms with Gasteiger partial charge in [-0.1, -0.05) is 48.5 Å². The van der Waals surface area contributed by atoms with E-state index < -0.39 is 10.0 Å². The van der Waals surface area contributed by atoms with Crippen molar-refractivity contribution in [1.29, 1.82) is 0 Å². The molecule has 0 aliphatic heterocycles. The van der Waals surface area contributed by atoms with Crippen molar-refractivity contribution in [3.8, 4) is 5.75 Å². The number of sulfonamides is 1. The van der Waals surface area contributed by atoms with E-state index in [4.69, 9.17) is 4.74 Å². The lowest BCUT2D eigenvalue weighted by atomic mass is 10.1. The fraction of sp³-hybridized carbons (Fsp3) is 0.174. The van der Waals surface area contributed by atoms with Crippen LogP contribution in [0.25, 0.3) is 0 Å². The smallest absolute Gasteiger partial charge is 0.262 e. The second-order valence-corrected chi connectivity index (χ2v) is 8.58. The Morgan fingerprint density at radius 2 is 1.67 bits per heavy atom. The van der Waals surface area contributed by atoms with Crippen LogP contribution in [-0.4, -0.2) is 33.4 Å². The van der Waals surface area contributed by atoms with Crippen molar-refractivity contribution >= 4 is 21.6 Å². The Morgan fingerprint density at radius 3 is 2.37 bits per heavy atom. The van der Waals surface area contributed by atoms with Crippen LogP contribution < -0.4 is 9.46 Å².